The fourth-order valence-electron chi connectivity index (χ4n) is 2.60. The molecule has 1 fully saturated rings. The lowest BCUT2D eigenvalue weighted by Gasteiger charge is -2.22. The van der Waals surface area contributed by atoms with E-state index >= 15 is 0 Å². The second-order valence-electron chi connectivity index (χ2n) is 5.62. The Bertz CT molecular complexity index is 676. The molecule has 0 saturated carbocycles. The second-order valence-corrected chi connectivity index (χ2v) is 5.62. The molecule has 0 bridgehead atoms. The first-order valence-corrected chi connectivity index (χ1v) is 7.79. The average molecular weight is 349 g/mol. The average Bonchev–Trinajstić information content (AvgIpc) is 2.59. The molecule has 0 unspecified atom stereocenters. The molecule has 2 aromatic rings. The maximum Gasteiger partial charge on any atom is 0.321 e. The zero-order valence-electron chi connectivity index (χ0n) is 13.5. The highest BCUT2D eigenvalue weighted by molar-refractivity contribution is 5.93. The highest BCUT2D eigenvalue weighted by atomic mass is 35.5. The number of carbonyl (C=O) groups excluding carboxylic acids is 1. The molecule has 2 heterocycles. The van der Waals surface area contributed by atoms with Crippen molar-refractivity contribution in [3.63, 3.8) is 0 Å². The molecule has 0 atom stereocenters. The van der Waals surface area contributed by atoms with Crippen LogP contribution in [0.4, 0.5) is 5.69 Å². The number of rotatable bonds is 4. The van der Waals surface area contributed by atoms with E-state index in [0.29, 0.717) is 11.8 Å². The minimum absolute atomic E-state index is 0. The number of aromatic nitrogens is 2. The summed E-state index contributed by atoms with van der Waals surface area (Å²) in [6, 6.07) is 7.57. The van der Waals surface area contributed by atoms with Gasteiger partial charge < -0.3 is 15.4 Å². The van der Waals surface area contributed by atoms with Gasteiger partial charge >= 0.3 is 6.01 Å². The van der Waals surface area contributed by atoms with E-state index in [4.69, 9.17) is 4.74 Å². The van der Waals surface area contributed by atoms with Gasteiger partial charge in [-0.3, -0.25) is 4.79 Å². The number of anilines is 1. The van der Waals surface area contributed by atoms with Crippen LogP contribution in [-0.4, -0.2) is 29.0 Å². The summed E-state index contributed by atoms with van der Waals surface area (Å²) in [5.74, 6) is 0.826. The topological polar surface area (TPSA) is 76.1 Å². The van der Waals surface area contributed by atoms with Crippen molar-refractivity contribution in [1.29, 1.82) is 0 Å². The normalized spacial score (nSPS) is 14.5. The molecule has 1 aliphatic heterocycles. The summed E-state index contributed by atoms with van der Waals surface area (Å²) in [6.45, 7) is 3.75. The quantitative estimate of drug-likeness (QED) is 0.888. The summed E-state index contributed by atoms with van der Waals surface area (Å²) >= 11 is 0. The van der Waals surface area contributed by atoms with Gasteiger partial charge in [-0.2, -0.15) is 0 Å². The lowest BCUT2D eigenvalue weighted by Crippen LogP contribution is -2.34. The van der Waals surface area contributed by atoms with E-state index in [1.54, 1.807) is 24.5 Å². The van der Waals surface area contributed by atoms with Gasteiger partial charge in [-0.1, -0.05) is 0 Å². The first kappa shape index (κ1) is 18.2. The van der Waals surface area contributed by atoms with Crippen molar-refractivity contribution in [1.82, 2.24) is 15.3 Å². The highest BCUT2D eigenvalue weighted by Crippen LogP contribution is 2.25. The Balaban J connectivity index is 0.00000208. The van der Waals surface area contributed by atoms with E-state index in [-0.39, 0.29) is 24.2 Å². The monoisotopic (exact) mass is 348 g/mol. The van der Waals surface area contributed by atoms with Crippen LogP contribution in [0.3, 0.4) is 0 Å². The number of amides is 1. The summed E-state index contributed by atoms with van der Waals surface area (Å²) in [6.07, 6.45) is 5.03. The predicted octanol–water partition coefficient (Wildman–Crippen LogP) is 2.94. The van der Waals surface area contributed by atoms with Crippen molar-refractivity contribution in [2.45, 2.75) is 19.8 Å². The lowest BCUT2D eigenvalue weighted by molar-refractivity contribution is -0.120. The van der Waals surface area contributed by atoms with Crippen LogP contribution in [0.25, 0.3) is 0 Å². The predicted molar refractivity (Wildman–Crippen MR) is 94.8 cm³/mol. The molecule has 0 aliphatic carbocycles. The largest absolute Gasteiger partial charge is 0.424 e. The lowest BCUT2D eigenvalue weighted by atomic mass is 9.97. The molecular weight excluding hydrogens is 328 g/mol. The van der Waals surface area contributed by atoms with E-state index in [2.05, 4.69) is 20.6 Å². The van der Waals surface area contributed by atoms with E-state index < -0.39 is 0 Å². The van der Waals surface area contributed by atoms with Crippen molar-refractivity contribution in [2.24, 2.45) is 5.92 Å². The number of carbonyl (C=O) groups is 1. The Kier molecular flexibility index (Phi) is 6.52. The molecule has 128 valence electrons. The molecule has 2 N–H and O–H groups in total. The Morgan fingerprint density at radius 2 is 1.96 bits per heavy atom. The maximum absolute atomic E-state index is 12.3. The molecule has 1 aromatic carbocycles. The van der Waals surface area contributed by atoms with Crippen LogP contribution in [0.5, 0.6) is 11.8 Å². The highest BCUT2D eigenvalue weighted by Gasteiger charge is 2.21. The van der Waals surface area contributed by atoms with Gasteiger partial charge in [0, 0.05) is 24.0 Å². The number of hydrogen-bond acceptors (Lipinski definition) is 5. The maximum atomic E-state index is 12.3. The second kappa shape index (κ2) is 8.61. The van der Waals surface area contributed by atoms with Crippen LogP contribution < -0.4 is 15.4 Å². The molecule has 1 aliphatic rings. The number of nitrogens with one attached hydrogen (secondary N) is 2. The number of nitrogens with zero attached hydrogens (tertiary/aromatic N) is 2. The van der Waals surface area contributed by atoms with Crippen LogP contribution in [0, 0.1) is 12.8 Å². The summed E-state index contributed by atoms with van der Waals surface area (Å²) in [5.41, 5.74) is 1.76. The fourth-order valence-corrected chi connectivity index (χ4v) is 2.60. The van der Waals surface area contributed by atoms with Crippen LogP contribution in [-0.2, 0) is 4.79 Å². The summed E-state index contributed by atoms with van der Waals surface area (Å²) in [5, 5.41) is 6.28. The van der Waals surface area contributed by atoms with Crippen molar-refractivity contribution in [3.05, 3.63) is 42.2 Å². The molecule has 1 amide bonds. The van der Waals surface area contributed by atoms with Gasteiger partial charge in [0.2, 0.25) is 5.91 Å². The molecule has 0 spiro atoms. The third kappa shape index (κ3) is 4.66. The Hall–Kier alpha value is -2.18. The summed E-state index contributed by atoms with van der Waals surface area (Å²) < 4.78 is 5.59. The number of piperidine rings is 1. The Morgan fingerprint density at radius 3 is 2.62 bits per heavy atom. The molecule has 1 saturated heterocycles. The minimum atomic E-state index is 0. The van der Waals surface area contributed by atoms with Gasteiger partial charge in [0.15, 0.2) is 0 Å². The smallest absolute Gasteiger partial charge is 0.321 e. The number of hydrogen-bond donors (Lipinski definition) is 2. The van der Waals surface area contributed by atoms with Gasteiger partial charge in [-0.05, 0) is 62.7 Å². The van der Waals surface area contributed by atoms with Crippen LogP contribution in [0.1, 0.15) is 18.4 Å². The van der Waals surface area contributed by atoms with E-state index in [0.717, 1.165) is 37.2 Å². The number of aryl methyl sites for hydroxylation is 1. The van der Waals surface area contributed by atoms with Crippen LogP contribution in [0.2, 0.25) is 0 Å². The van der Waals surface area contributed by atoms with Crippen molar-refractivity contribution >= 4 is 24.0 Å². The van der Waals surface area contributed by atoms with Gasteiger partial charge in [0.05, 0.1) is 0 Å². The van der Waals surface area contributed by atoms with Crippen molar-refractivity contribution < 1.29 is 9.53 Å². The van der Waals surface area contributed by atoms with E-state index in [1.807, 2.05) is 19.1 Å². The number of halogens is 1. The van der Waals surface area contributed by atoms with E-state index in [9.17, 15) is 4.79 Å². The van der Waals surface area contributed by atoms with Crippen LogP contribution >= 0.6 is 12.4 Å². The molecule has 6 nitrogen and oxygen atoms in total. The molecule has 24 heavy (non-hydrogen) atoms. The van der Waals surface area contributed by atoms with Gasteiger partial charge in [0.1, 0.15) is 5.75 Å². The summed E-state index contributed by atoms with van der Waals surface area (Å²) in [4.78, 5) is 20.4. The molecular formula is C17H21ClN4O2. The number of benzene rings is 1. The Labute approximate surface area is 147 Å². The minimum Gasteiger partial charge on any atom is -0.424 e. The van der Waals surface area contributed by atoms with Crippen molar-refractivity contribution in [2.75, 3.05) is 18.4 Å². The van der Waals surface area contributed by atoms with Gasteiger partial charge in [-0.15, -0.1) is 12.4 Å². The SMILES string of the molecule is Cc1cc(Oc2ncccn2)ccc1NC(=O)C1CCNCC1.Cl. The number of ether oxygens (including phenoxy) is 1. The molecule has 3 rings (SSSR count). The van der Waals surface area contributed by atoms with E-state index in [1.165, 1.54) is 0 Å². The van der Waals surface area contributed by atoms with Crippen LogP contribution in [0.15, 0.2) is 36.7 Å². The third-order valence-electron chi connectivity index (χ3n) is 3.92. The summed E-state index contributed by atoms with van der Waals surface area (Å²) in [7, 11) is 0. The zero-order valence-corrected chi connectivity index (χ0v) is 14.3. The first-order valence-electron chi connectivity index (χ1n) is 7.79. The van der Waals surface area contributed by atoms with Gasteiger partial charge in [-0.25, -0.2) is 9.97 Å². The molecule has 7 heteroatoms. The fraction of sp³-hybridized carbons (Fsp3) is 0.353. The zero-order chi connectivity index (χ0) is 16.1. The first-order chi connectivity index (χ1) is 11.2. The standard InChI is InChI=1S/C17H20N4O2.ClH/c1-12-11-14(23-17-19-7-2-8-20-17)3-4-15(12)21-16(22)13-5-9-18-10-6-13;/h2-4,7-8,11,13,18H,5-6,9-10H2,1H3,(H,21,22);1H. The third-order valence-corrected chi connectivity index (χ3v) is 3.92. The molecule has 1 aromatic heterocycles. The Morgan fingerprint density at radius 1 is 1.25 bits per heavy atom. The van der Waals surface area contributed by atoms with Crippen molar-refractivity contribution in [3.8, 4) is 11.8 Å². The van der Waals surface area contributed by atoms with Gasteiger partial charge in [0.25, 0.3) is 0 Å². The molecule has 0 radical (unpaired) electrons.